The number of halogens is 1. The number of para-hydroxylation sites is 1. The molecule has 0 N–H and O–H groups in total. The van der Waals surface area contributed by atoms with Crippen LogP contribution in [0.4, 0.5) is 10.1 Å². The molecule has 0 saturated carbocycles. The predicted molar refractivity (Wildman–Crippen MR) is 128 cm³/mol. The van der Waals surface area contributed by atoms with Crippen LogP contribution in [0, 0.1) is 5.82 Å². The maximum absolute atomic E-state index is 14.3. The first kappa shape index (κ1) is 20.9. The molecule has 0 aromatic heterocycles. The fourth-order valence-corrected chi connectivity index (χ4v) is 5.81. The largest absolute Gasteiger partial charge is 0.366 e. The van der Waals surface area contributed by atoms with Crippen molar-refractivity contribution < 1.29 is 14.0 Å². The number of nitrogens with zero attached hydrogens (tertiary/aromatic N) is 3. The maximum Gasteiger partial charge on any atom is 0.254 e. The van der Waals surface area contributed by atoms with Crippen LogP contribution in [-0.4, -0.2) is 54.3 Å². The van der Waals surface area contributed by atoms with Gasteiger partial charge >= 0.3 is 0 Å². The monoisotopic (exact) mass is 455 g/mol. The molecule has 3 aliphatic rings. The highest BCUT2D eigenvalue weighted by atomic mass is 19.1. The molecule has 1 fully saturated rings. The van der Waals surface area contributed by atoms with E-state index in [1.165, 1.54) is 11.6 Å². The zero-order valence-corrected chi connectivity index (χ0v) is 18.9. The van der Waals surface area contributed by atoms with Crippen LogP contribution in [0.25, 0.3) is 0 Å². The number of hydrogen-bond donors (Lipinski definition) is 0. The lowest BCUT2D eigenvalue weighted by atomic mass is 9.75. The van der Waals surface area contributed by atoms with Crippen LogP contribution in [0.1, 0.15) is 39.0 Å². The number of hydrogen-bond acceptors (Lipinski definition) is 3. The second-order valence-corrected chi connectivity index (χ2v) is 9.22. The molecule has 1 saturated heterocycles. The van der Waals surface area contributed by atoms with E-state index in [0.717, 1.165) is 17.5 Å². The van der Waals surface area contributed by atoms with Gasteiger partial charge in [0.15, 0.2) is 0 Å². The third kappa shape index (κ3) is 3.28. The molecule has 5 nitrogen and oxygen atoms in total. The molecule has 6 rings (SSSR count). The van der Waals surface area contributed by atoms with Gasteiger partial charge in [0, 0.05) is 38.3 Å². The summed E-state index contributed by atoms with van der Waals surface area (Å²) in [5, 5.41) is 0. The minimum Gasteiger partial charge on any atom is -0.366 e. The van der Waals surface area contributed by atoms with Crippen molar-refractivity contribution in [3.63, 3.8) is 0 Å². The normalized spacial score (nSPS) is 21.6. The Morgan fingerprint density at radius 3 is 2.26 bits per heavy atom. The Kier molecular flexibility index (Phi) is 5.09. The van der Waals surface area contributed by atoms with E-state index in [9.17, 15) is 14.0 Å². The third-order valence-corrected chi connectivity index (χ3v) is 7.48. The van der Waals surface area contributed by atoms with Crippen molar-refractivity contribution in [3.05, 3.63) is 101 Å². The first-order valence-electron chi connectivity index (χ1n) is 11.9. The molecular formula is C28H26FN3O2. The summed E-state index contributed by atoms with van der Waals surface area (Å²) in [6.07, 6.45) is 0.794. The summed E-state index contributed by atoms with van der Waals surface area (Å²) in [6, 6.07) is 22.2. The lowest BCUT2D eigenvalue weighted by Crippen LogP contribution is -2.54. The number of fused-ring (bicyclic) bond motifs is 4. The summed E-state index contributed by atoms with van der Waals surface area (Å²) < 4.78 is 14.3. The minimum atomic E-state index is -0.449. The van der Waals surface area contributed by atoms with Crippen LogP contribution in [0.5, 0.6) is 0 Å². The average molecular weight is 456 g/mol. The molecule has 0 radical (unpaired) electrons. The molecule has 0 unspecified atom stereocenters. The summed E-state index contributed by atoms with van der Waals surface area (Å²) >= 11 is 0. The van der Waals surface area contributed by atoms with Crippen LogP contribution in [0.15, 0.2) is 72.8 Å². The number of benzene rings is 3. The number of piperazine rings is 1. The zero-order valence-electron chi connectivity index (χ0n) is 18.9. The first-order chi connectivity index (χ1) is 16.6. The highest BCUT2D eigenvalue weighted by Crippen LogP contribution is 2.46. The van der Waals surface area contributed by atoms with E-state index in [0.29, 0.717) is 44.0 Å². The molecule has 0 bridgehead atoms. The Balaban J connectivity index is 1.34. The quantitative estimate of drug-likeness (QED) is 0.587. The molecule has 0 aliphatic carbocycles. The standard InChI is InChI=1S/C28H26FN3O2/c29-23-11-5-6-12-24(23)30-15-17-31(18-16-30)28(34)25-21-9-3-4-10-22(21)27(33)32-14-13-19-7-1-2-8-20(19)26(25)32/h1-12,25-26H,13-18H2/t25-,26-/m1/s1. The first-order valence-corrected chi connectivity index (χ1v) is 11.9. The number of anilines is 1. The molecule has 6 heteroatoms. The van der Waals surface area contributed by atoms with Gasteiger partial charge in [-0.1, -0.05) is 54.6 Å². The molecule has 3 aromatic carbocycles. The van der Waals surface area contributed by atoms with Gasteiger partial charge < -0.3 is 14.7 Å². The van der Waals surface area contributed by atoms with Crippen molar-refractivity contribution >= 4 is 17.5 Å². The molecule has 172 valence electrons. The molecule has 34 heavy (non-hydrogen) atoms. The molecule has 2 amide bonds. The van der Waals surface area contributed by atoms with Crippen molar-refractivity contribution in [2.75, 3.05) is 37.6 Å². The van der Waals surface area contributed by atoms with Crippen LogP contribution < -0.4 is 4.90 Å². The predicted octanol–water partition coefficient (Wildman–Crippen LogP) is 4.01. The van der Waals surface area contributed by atoms with E-state index < -0.39 is 5.92 Å². The van der Waals surface area contributed by atoms with E-state index in [2.05, 4.69) is 12.1 Å². The van der Waals surface area contributed by atoms with Crippen molar-refractivity contribution in [3.8, 4) is 0 Å². The second-order valence-electron chi connectivity index (χ2n) is 9.22. The van der Waals surface area contributed by atoms with Gasteiger partial charge in [-0.15, -0.1) is 0 Å². The number of amides is 2. The fraction of sp³-hybridized carbons (Fsp3) is 0.286. The van der Waals surface area contributed by atoms with Gasteiger partial charge in [-0.25, -0.2) is 4.39 Å². The molecule has 3 aromatic rings. The number of carbonyl (C=O) groups excluding carboxylic acids is 2. The summed E-state index contributed by atoms with van der Waals surface area (Å²) in [5.74, 6) is -0.643. The summed E-state index contributed by atoms with van der Waals surface area (Å²) in [7, 11) is 0. The second kappa shape index (κ2) is 8.28. The molecule has 0 spiro atoms. The van der Waals surface area contributed by atoms with Crippen LogP contribution >= 0.6 is 0 Å². The number of rotatable bonds is 2. The van der Waals surface area contributed by atoms with E-state index >= 15 is 0 Å². The van der Waals surface area contributed by atoms with Crippen molar-refractivity contribution in [1.29, 1.82) is 0 Å². The van der Waals surface area contributed by atoms with E-state index in [1.54, 1.807) is 12.1 Å². The Morgan fingerprint density at radius 2 is 1.47 bits per heavy atom. The van der Waals surface area contributed by atoms with Crippen molar-refractivity contribution in [2.45, 2.75) is 18.4 Å². The van der Waals surface area contributed by atoms with Crippen LogP contribution in [-0.2, 0) is 11.2 Å². The maximum atomic E-state index is 14.3. The lowest BCUT2D eigenvalue weighted by molar-refractivity contribution is -0.135. The Bertz CT molecular complexity index is 1270. The van der Waals surface area contributed by atoms with E-state index in [1.807, 2.05) is 57.2 Å². The van der Waals surface area contributed by atoms with E-state index in [-0.39, 0.29) is 23.7 Å². The molecule has 3 aliphatic heterocycles. The van der Waals surface area contributed by atoms with Gasteiger partial charge in [0.25, 0.3) is 5.91 Å². The van der Waals surface area contributed by atoms with Gasteiger partial charge in [-0.2, -0.15) is 0 Å². The fourth-order valence-electron chi connectivity index (χ4n) is 5.81. The Labute approximate surface area is 198 Å². The highest BCUT2D eigenvalue weighted by Gasteiger charge is 2.47. The van der Waals surface area contributed by atoms with Crippen molar-refractivity contribution in [2.24, 2.45) is 0 Å². The van der Waals surface area contributed by atoms with Gasteiger partial charge in [-0.3, -0.25) is 9.59 Å². The molecular weight excluding hydrogens is 429 g/mol. The summed E-state index contributed by atoms with van der Waals surface area (Å²) in [4.78, 5) is 33.3. The SMILES string of the molecule is O=C([C@@H]1c2ccccc2C(=O)N2CCc3ccccc3[C@H]12)N1CCN(c2ccccc2F)CC1. The molecule has 2 atom stereocenters. The van der Waals surface area contributed by atoms with Crippen LogP contribution in [0.3, 0.4) is 0 Å². The van der Waals surface area contributed by atoms with Gasteiger partial charge in [0.1, 0.15) is 5.82 Å². The van der Waals surface area contributed by atoms with E-state index in [4.69, 9.17) is 0 Å². The summed E-state index contributed by atoms with van der Waals surface area (Å²) in [6.45, 7) is 2.80. The smallest absolute Gasteiger partial charge is 0.254 e. The van der Waals surface area contributed by atoms with Crippen molar-refractivity contribution in [1.82, 2.24) is 9.80 Å². The Morgan fingerprint density at radius 1 is 0.794 bits per heavy atom. The zero-order chi connectivity index (χ0) is 23.2. The minimum absolute atomic E-state index is 0.00326. The van der Waals surface area contributed by atoms with Gasteiger partial charge in [-0.05, 0) is 41.3 Å². The topological polar surface area (TPSA) is 43.9 Å². The summed E-state index contributed by atoms with van der Waals surface area (Å²) in [5.41, 5.74) is 4.29. The van der Waals surface area contributed by atoms with Gasteiger partial charge in [0.05, 0.1) is 17.6 Å². The van der Waals surface area contributed by atoms with Crippen LogP contribution in [0.2, 0.25) is 0 Å². The third-order valence-electron chi connectivity index (χ3n) is 7.48. The average Bonchev–Trinajstić information content (AvgIpc) is 2.89. The number of carbonyl (C=O) groups is 2. The lowest BCUT2D eigenvalue weighted by Gasteiger charge is -2.47. The molecule has 3 heterocycles. The van der Waals surface area contributed by atoms with Gasteiger partial charge in [0.2, 0.25) is 5.91 Å². The Hall–Kier alpha value is -3.67. The highest BCUT2D eigenvalue weighted by molar-refractivity contribution is 6.01.